The second-order valence-electron chi connectivity index (χ2n) is 3.16. The van der Waals surface area contributed by atoms with Gasteiger partial charge in [0, 0.05) is 11.3 Å². The highest BCUT2D eigenvalue weighted by Gasteiger charge is 2.04. The molecule has 78 valence electrons. The number of hydrogen-bond donors (Lipinski definition) is 1. The van der Waals surface area contributed by atoms with Crippen molar-refractivity contribution in [1.82, 2.24) is 14.8 Å². The smallest absolute Gasteiger partial charge is 0.137 e. The van der Waals surface area contributed by atoms with Crippen molar-refractivity contribution in [3.8, 4) is 5.75 Å². The molecule has 1 aromatic heterocycles. The second kappa shape index (κ2) is 4.00. The Morgan fingerprint density at radius 2 is 2.33 bits per heavy atom. The summed E-state index contributed by atoms with van der Waals surface area (Å²) >= 11 is 0. The molecule has 0 atom stereocenters. The zero-order chi connectivity index (χ0) is 10.7. The fourth-order valence-corrected chi connectivity index (χ4v) is 1.41. The maximum absolute atomic E-state index is 5.71. The normalized spacial score (nSPS) is 10.2. The minimum atomic E-state index is 0.605. The average molecular weight is 204 g/mol. The predicted molar refractivity (Wildman–Crippen MR) is 56.5 cm³/mol. The van der Waals surface area contributed by atoms with Crippen molar-refractivity contribution in [2.75, 3.05) is 12.8 Å². The van der Waals surface area contributed by atoms with Crippen molar-refractivity contribution in [3.05, 3.63) is 36.4 Å². The van der Waals surface area contributed by atoms with Gasteiger partial charge < -0.3 is 10.5 Å². The maximum Gasteiger partial charge on any atom is 0.137 e. The van der Waals surface area contributed by atoms with Gasteiger partial charge in [0.25, 0.3) is 0 Å². The number of benzene rings is 1. The summed E-state index contributed by atoms with van der Waals surface area (Å²) in [6.45, 7) is 0.605. The Morgan fingerprint density at radius 3 is 3.00 bits per heavy atom. The van der Waals surface area contributed by atoms with Crippen molar-refractivity contribution in [2.24, 2.45) is 0 Å². The van der Waals surface area contributed by atoms with Gasteiger partial charge in [0.2, 0.25) is 0 Å². The van der Waals surface area contributed by atoms with Crippen LogP contribution in [0.1, 0.15) is 5.56 Å². The fraction of sp³-hybridized carbons (Fsp3) is 0.200. The molecular formula is C10H12N4O. The summed E-state index contributed by atoms with van der Waals surface area (Å²) in [6.07, 6.45) is 3.15. The lowest BCUT2D eigenvalue weighted by molar-refractivity contribution is 0.407. The Kier molecular flexibility index (Phi) is 2.53. The zero-order valence-corrected chi connectivity index (χ0v) is 8.42. The highest BCUT2D eigenvalue weighted by molar-refractivity contribution is 5.47. The van der Waals surface area contributed by atoms with Crippen molar-refractivity contribution >= 4 is 5.69 Å². The molecule has 0 saturated carbocycles. The number of hydrogen-bond acceptors (Lipinski definition) is 4. The lowest BCUT2D eigenvalue weighted by Gasteiger charge is -2.08. The molecule has 2 N–H and O–H groups in total. The second-order valence-corrected chi connectivity index (χ2v) is 3.16. The highest BCUT2D eigenvalue weighted by atomic mass is 16.5. The predicted octanol–water partition coefficient (Wildman–Crippen LogP) is 0.917. The SMILES string of the molecule is COc1ccc(N)cc1Cn1cncn1. The van der Waals surface area contributed by atoms with E-state index in [1.54, 1.807) is 18.1 Å². The van der Waals surface area contributed by atoms with Crippen molar-refractivity contribution in [2.45, 2.75) is 6.54 Å². The molecule has 5 heteroatoms. The van der Waals surface area contributed by atoms with E-state index in [4.69, 9.17) is 10.5 Å². The Morgan fingerprint density at radius 1 is 1.47 bits per heavy atom. The van der Waals surface area contributed by atoms with E-state index in [1.807, 2.05) is 18.2 Å². The van der Waals surface area contributed by atoms with E-state index in [0.29, 0.717) is 12.2 Å². The van der Waals surface area contributed by atoms with Gasteiger partial charge in [-0.25, -0.2) is 9.67 Å². The Balaban J connectivity index is 2.30. The minimum Gasteiger partial charge on any atom is -0.496 e. The van der Waals surface area contributed by atoms with Gasteiger partial charge >= 0.3 is 0 Å². The summed E-state index contributed by atoms with van der Waals surface area (Å²) < 4.78 is 6.95. The van der Waals surface area contributed by atoms with Crippen molar-refractivity contribution < 1.29 is 4.74 Å². The van der Waals surface area contributed by atoms with E-state index >= 15 is 0 Å². The molecule has 15 heavy (non-hydrogen) atoms. The van der Waals surface area contributed by atoms with Crippen LogP contribution in [-0.4, -0.2) is 21.9 Å². The van der Waals surface area contributed by atoms with Gasteiger partial charge in [-0.05, 0) is 18.2 Å². The van der Waals surface area contributed by atoms with Gasteiger partial charge in [-0.3, -0.25) is 0 Å². The third-order valence-electron chi connectivity index (χ3n) is 2.10. The van der Waals surface area contributed by atoms with E-state index in [2.05, 4.69) is 10.1 Å². The number of ether oxygens (including phenoxy) is 1. The minimum absolute atomic E-state index is 0.605. The quantitative estimate of drug-likeness (QED) is 0.755. The van der Waals surface area contributed by atoms with E-state index < -0.39 is 0 Å². The molecule has 1 aromatic carbocycles. The van der Waals surface area contributed by atoms with Gasteiger partial charge in [-0.1, -0.05) is 0 Å². The van der Waals surface area contributed by atoms with Crippen LogP contribution in [0, 0.1) is 0 Å². The lowest BCUT2D eigenvalue weighted by atomic mass is 10.2. The molecule has 0 bridgehead atoms. The first-order valence-corrected chi connectivity index (χ1v) is 4.54. The molecule has 0 fully saturated rings. The maximum atomic E-state index is 5.71. The monoisotopic (exact) mass is 204 g/mol. The van der Waals surface area contributed by atoms with Crippen LogP contribution < -0.4 is 10.5 Å². The first-order valence-electron chi connectivity index (χ1n) is 4.54. The van der Waals surface area contributed by atoms with Crippen molar-refractivity contribution in [1.29, 1.82) is 0 Å². The van der Waals surface area contributed by atoms with Crippen molar-refractivity contribution in [3.63, 3.8) is 0 Å². The molecule has 2 rings (SSSR count). The van der Waals surface area contributed by atoms with E-state index in [0.717, 1.165) is 11.3 Å². The Bertz CT molecular complexity index is 439. The molecule has 0 aliphatic rings. The zero-order valence-electron chi connectivity index (χ0n) is 8.42. The molecular weight excluding hydrogens is 192 g/mol. The van der Waals surface area contributed by atoms with Crippen LogP contribution in [0.3, 0.4) is 0 Å². The first-order chi connectivity index (χ1) is 7.29. The van der Waals surface area contributed by atoms with E-state index in [9.17, 15) is 0 Å². The van der Waals surface area contributed by atoms with Gasteiger partial charge in [0.1, 0.15) is 18.4 Å². The number of anilines is 1. The van der Waals surface area contributed by atoms with Crippen LogP contribution in [0.2, 0.25) is 0 Å². The van der Waals surface area contributed by atoms with Gasteiger partial charge in [0.15, 0.2) is 0 Å². The average Bonchev–Trinajstić information content (AvgIpc) is 2.71. The standard InChI is InChI=1S/C10H12N4O/c1-15-10-3-2-9(11)4-8(10)5-14-7-12-6-13-14/h2-4,6-7H,5,11H2,1H3. The summed E-state index contributed by atoms with van der Waals surface area (Å²) in [6, 6.07) is 5.53. The number of nitrogen functional groups attached to an aromatic ring is 1. The molecule has 0 unspecified atom stereocenters. The van der Waals surface area contributed by atoms with E-state index in [-0.39, 0.29) is 0 Å². The molecule has 0 amide bonds. The molecule has 0 aliphatic heterocycles. The van der Waals surface area contributed by atoms with Crippen LogP contribution in [-0.2, 0) is 6.54 Å². The molecule has 0 radical (unpaired) electrons. The molecule has 1 heterocycles. The number of rotatable bonds is 3. The molecule has 5 nitrogen and oxygen atoms in total. The van der Waals surface area contributed by atoms with Gasteiger partial charge in [-0.2, -0.15) is 5.10 Å². The molecule has 0 aliphatic carbocycles. The lowest BCUT2D eigenvalue weighted by Crippen LogP contribution is -2.03. The summed E-state index contributed by atoms with van der Waals surface area (Å²) in [4.78, 5) is 3.88. The summed E-state index contributed by atoms with van der Waals surface area (Å²) in [7, 11) is 1.64. The molecule has 0 saturated heterocycles. The third kappa shape index (κ3) is 2.07. The highest BCUT2D eigenvalue weighted by Crippen LogP contribution is 2.21. The summed E-state index contributed by atoms with van der Waals surface area (Å²) in [5.74, 6) is 0.805. The van der Waals surface area contributed by atoms with Gasteiger partial charge in [0.05, 0.1) is 13.7 Å². The summed E-state index contributed by atoms with van der Waals surface area (Å²) in [5, 5.41) is 4.03. The number of methoxy groups -OCH3 is 1. The largest absolute Gasteiger partial charge is 0.496 e. The Hall–Kier alpha value is -2.04. The molecule has 0 spiro atoms. The first kappa shape index (κ1) is 9.51. The number of aromatic nitrogens is 3. The molecule has 2 aromatic rings. The van der Waals surface area contributed by atoms with Crippen LogP contribution >= 0.6 is 0 Å². The summed E-state index contributed by atoms with van der Waals surface area (Å²) in [5.41, 5.74) is 7.41. The van der Waals surface area contributed by atoms with Crippen LogP contribution in [0.4, 0.5) is 5.69 Å². The van der Waals surface area contributed by atoms with Crippen LogP contribution in [0.5, 0.6) is 5.75 Å². The topological polar surface area (TPSA) is 66.0 Å². The Labute approximate surface area is 87.5 Å². The van der Waals surface area contributed by atoms with Crippen LogP contribution in [0.15, 0.2) is 30.9 Å². The van der Waals surface area contributed by atoms with E-state index in [1.165, 1.54) is 6.33 Å². The fourth-order valence-electron chi connectivity index (χ4n) is 1.41. The third-order valence-corrected chi connectivity index (χ3v) is 2.10. The number of nitrogens with zero attached hydrogens (tertiary/aromatic N) is 3. The van der Waals surface area contributed by atoms with Gasteiger partial charge in [-0.15, -0.1) is 0 Å². The number of nitrogens with two attached hydrogens (primary N) is 1. The van der Waals surface area contributed by atoms with Crippen LogP contribution in [0.25, 0.3) is 0 Å².